The highest BCUT2D eigenvalue weighted by atomic mass is 31.1. The van der Waals surface area contributed by atoms with Crippen LogP contribution in [0.5, 0.6) is 0 Å². The van der Waals surface area contributed by atoms with Gasteiger partial charge in [-0.05, 0) is 60.9 Å². The maximum absolute atomic E-state index is 2.50. The second-order valence-electron chi connectivity index (χ2n) is 6.90. The molecule has 0 atom stereocenters. The van der Waals surface area contributed by atoms with Gasteiger partial charge in [0, 0.05) is 0 Å². The highest BCUT2D eigenvalue weighted by molar-refractivity contribution is 7.66. The van der Waals surface area contributed by atoms with Crippen LogP contribution >= 0.6 is 15.8 Å². The van der Waals surface area contributed by atoms with Crippen molar-refractivity contribution < 1.29 is 0 Å². The maximum atomic E-state index is 2.50. The number of benzene rings is 1. The van der Waals surface area contributed by atoms with Crippen LogP contribution < -0.4 is 10.6 Å². The summed E-state index contributed by atoms with van der Waals surface area (Å²) in [5.74, 6) is 0. The summed E-state index contributed by atoms with van der Waals surface area (Å²) in [7, 11) is 0.172. The molecule has 0 aromatic heterocycles. The summed E-state index contributed by atoms with van der Waals surface area (Å²) in [5.41, 5.74) is 0. The number of rotatable bonds is 14. The zero-order chi connectivity index (χ0) is 17.6. The first-order valence-electron chi connectivity index (χ1n) is 10.4. The molecular formula is C22H40P2. The van der Waals surface area contributed by atoms with Gasteiger partial charge in [-0.15, -0.1) is 0 Å². The minimum absolute atomic E-state index is 0.0861. The van der Waals surface area contributed by atoms with E-state index < -0.39 is 0 Å². The summed E-state index contributed by atoms with van der Waals surface area (Å²) in [6.45, 7) is 9.30. The van der Waals surface area contributed by atoms with Crippen molar-refractivity contribution in [1.29, 1.82) is 0 Å². The summed E-state index contributed by atoms with van der Waals surface area (Å²) >= 11 is 0. The van der Waals surface area contributed by atoms with Crippen LogP contribution in [-0.4, -0.2) is 24.6 Å². The minimum Gasteiger partial charge on any atom is -0.0753 e. The zero-order valence-corrected chi connectivity index (χ0v) is 18.5. The van der Waals surface area contributed by atoms with Gasteiger partial charge in [0.1, 0.15) is 0 Å². The lowest BCUT2D eigenvalue weighted by atomic mass is 10.4. The fourth-order valence-corrected chi connectivity index (χ4v) is 8.42. The molecule has 1 rings (SSSR count). The van der Waals surface area contributed by atoms with Gasteiger partial charge in [-0.3, -0.25) is 0 Å². The fourth-order valence-electron chi connectivity index (χ4n) is 3.01. The molecule has 1 aromatic rings. The van der Waals surface area contributed by atoms with Crippen molar-refractivity contribution in [3.05, 3.63) is 24.3 Å². The fraction of sp³-hybridized carbons (Fsp3) is 0.727. The molecule has 1 aromatic carbocycles. The summed E-state index contributed by atoms with van der Waals surface area (Å²) in [5, 5.41) is 3.33. The highest BCUT2D eigenvalue weighted by Crippen LogP contribution is 2.39. The molecule has 0 nitrogen and oxygen atoms in total. The second-order valence-corrected chi connectivity index (χ2v) is 11.9. The largest absolute Gasteiger partial charge is 0.0753 e. The first-order chi connectivity index (χ1) is 11.8. The molecule has 0 heterocycles. The van der Waals surface area contributed by atoms with Gasteiger partial charge >= 0.3 is 0 Å². The van der Waals surface area contributed by atoms with Gasteiger partial charge in [0.2, 0.25) is 0 Å². The lowest BCUT2D eigenvalue weighted by Crippen LogP contribution is -2.12. The van der Waals surface area contributed by atoms with Crippen LogP contribution in [0.3, 0.4) is 0 Å². The second kappa shape index (κ2) is 14.3. The average Bonchev–Trinajstić information content (AvgIpc) is 2.62. The molecule has 0 aliphatic carbocycles. The Balaban J connectivity index is 2.77. The third-order valence-corrected chi connectivity index (χ3v) is 10.2. The van der Waals surface area contributed by atoms with E-state index in [0.29, 0.717) is 0 Å². The smallest absolute Gasteiger partial charge is 0.0240 e. The molecular weight excluding hydrogens is 326 g/mol. The van der Waals surface area contributed by atoms with E-state index in [1.807, 2.05) is 0 Å². The zero-order valence-electron chi connectivity index (χ0n) is 16.7. The monoisotopic (exact) mass is 366 g/mol. The Bertz CT molecular complexity index is 344. The van der Waals surface area contributed by atoms with Gasteiger partial charge in [0.25, 0.3) is 0 Å². The van der Waals surface area contributed by atoms with Crippen molar-refractivity contribution in [2.24, 2.45) is 0 Å². The summed E-state index contributed by atoms with van der Waals surface area (Å²) < 4.78 is 0. The number of hydrogen-bond acceptors (Lipinski definition) is 0. The van der Waals surface area contributed by atoms with E-state index >= 15 is 0 Å². The quantitative estimate of drug-likeness (QED) is 0.308. The summed E-state index contributed by atoms with van der Waals surface area (Å²) in [4.78, 5) is 0. The molecule has 0 amide bonds. The van der Waals surface area contributed by atoms with E-state index in [1.165, 1.54) is 76.0 Å². The van der Waals surface area contributed by atoms with Gasteiger partial charge in [-0.25, -0.2) is 0 Å². The van der Waals surface area contributed by atoms with Crippen LogP contribution in [0.25, 0.3) is 0 Å². The molecule has 0 spiro atoms. The molecule has 0 fully saturated rings. The van der Waals surface area contributed by atoms with Crippen molar-refractivity contribution in [3.8, 4) is 0 Å². The summed E-state index contributed by atoms with van der Waals surface area (Å²) in [6, 6.07) is 10.00. The van der Waals surface area contributed by atoms with Gasteiger partial charge in [0.15, 0.2) is 0 Å². The average molecular weight is 367 g/mol. The maximum Gasteiger partial charge on any atom is -0.0240 e. The van der Waals surface area contributed by atoms with Gasteiger partial charge in [-0.2, -0.15) is 0 Å². The predicted octanol–water partition coefficient (Wildman–Crippen LogP) is 7.10. The highest BCUT2D eigenvalue weighted by Gasteiger charge is 2.13. The SMILES string of the molecule is CCCCP(CCCC)c1ccc(P(CCCC)CCCC)cc1. The lowest BCUT2D eigenvalue weighted by molar-refractivity contribution is 0.870. The molecule has 0 bridgehead atoms. The van der Waals surface area contributed by atoms with E-state index in [2.05, 4.69) is 52.0 Å². The first kappa shape index (κ1) is 22.1. The molecule has 0 aliphatic rings. The van der Waals surface area contributed by atoms with Crippen LogP contribution in [-0.2, 0) is 0 Å². The van der Waals surface area contributed by atoms with E-state index in [4.69, 9.17) is 0 Å². The minimum atomic E-state index is 0.0861. The van der Waals surface area contributed by atoms with Crippen molar-refractivity contribution in [2.45, 2.75) is 79.1 Å². The van der Waals surface area contributed by atoms with Crippen LogP contribution in [0.4, 0.5) is 0 Å². The molecule has 0 unspecified atom stereocenters. The van der Waals surface area contributed by atoms with Crippen LogP contribution in [0.1, 0.15) is 79.1 Å². The van der Waals surface area contributed by atoms with Gasteiger partial charge < -0.3 is 0 Å². The summed E-state index contributed by atoms with van der Waals surface area (Å²) in [6.07, 6.45) is 16.7. The third-order valence-electron chi connectivity index (χ3n) is 4.71. The van der Waals surface area contributed by atoms with E-state index in [-0.39, 0.29) is 15.8 Å². The third kappa shape index (κ3) is 8.45. The normalized spacial score (nSPS) is 11.6. The molecule has 0 saturated carbocycles. The molecule has 0 radical (unpaired) electrons. The Morgan fingerprint density at radius 3 is 0.958 bits per heavy atom. The molecule has 0 saturated heterocycles. The van der Waals surface area contributed by atoms with Gasteiger partial charge in [0.05, 0.1) is 0 Å². The van der Waals surface area contributed by atoms with Crippen LogP contribution in [0.15, 0.2) is 24.3 Å². The molecule has 0 aliphatic heterocycles. The molecule has 0 N–H and O–H groups in total. The number of hydrogen-bond donors (Lipinski definition) is 0. The van der Waals surface area contributed by atoms with E-state index in [0.717, 1.165) is 0 Å². The number of unbranched alkanes of at least 4 members (excludes halogenated alkanes) is 4. The Morgan fingerprint density at radius 2 is 0.750 bits per heavy atom. The van der Waals surface area contributed by atoms with Gasteiger partial charge in [-0.1, -0.05) is 93.5 Å². The topological polar surface area (TPSA) is 0 Å². The molecule has 138 valence electrons. The Labute approximate surface area is 154 Å². The Hall–Kier alpha value is 0.0800. The van der Waals surface area contributed by atoms with E-state index in [1.54, 1.807) is 10.6 Å². The predicted molar refractivity (Wildman–Crippen MR) is 119 cm³/mol. The molecule has 2 heteroatoms. The lowest BCUT2D eigenvalue weighted by Gasteiger charge is -2.21. The van der Waals surface area contributed by atoms with Crippen molar-refractivity contribution >= 4 is 26.5 Å². The van der Waals surface area contributed by atoms with Crippen molar-refractivity contribution in [3.63, 3.8) is 0 Å². The van der Waals surface area contributed by atoms with E-state index in [9.17, 15) is 0 Å². The first-order valence-corrected chi connectivity index (χ1v) is 13.8. The Kier molecular flexibility index (Phi) is 13.2. The van der Waals surface area contributed by atoms with Crippen molar-refractivity contribution in [1.82, 2.24) is 0 Å². The van der Waals surface area contributed by atoms with Crippen LogP contribution in [0, 0.1) is 0 Å². The van der Waals surface area contributed by atoms with Crippen LogP contribution in [0.2, 0.25) is 0 Å². The molecule has 24 heavy (non-hydrogen) atoms. The Morgan fingerprint density at radius 1 is 0.500 bits per heavy atom. The standard InChI is InChI=1S/C22H40P2/c1-5-9-17-23(18-10-6-2)21-13-15-22(16-14-21)24(19-11-7-3)20-12-8-4/h13-16H,5-12,17-20H2,1-4H3. The van der Waals surface area contributed by atoms with Crippen molar-refractivity contribution in [2.75, 3.05) is 24.6 Å².